The molecular weight excluding hydrogens is 280 g/mol. The second kappa shape index (κ2) is 5.67. The van der Waals surface area contributed by atoms with E-state index in [1.54, 1.807) is 48.6 Å². The van der Waals surface area contributed by atoms with Crippen LogP contribution in [0.15, 0.2) is 36.4 Å². The minimum atomic E-state index is -0.157. The van der Waals surface area contributed by atoms with Gasteiger partial charge in [0.25, 0.3) is 0 Å². The summed E-state index contributed by atoms with van der Waals surface area (Å²) in [4.78, 5) is 0. The van der Waals surface area contributed by atoms with Crippen LogP contribution in [0.4, 0.5) is 0 Å². The minimum absolute atomic E-state index is 0.0521. The highest BCUT2D eigenvalue weighted by Gasteiger charge is 2.14. The van der Waals surface area contributed by atoms with E-state index in [1.807, 2.05) is 0 Å². The highest BCUT2D eigenvalue weighted by molar-refractivity contribution is 6.11. The quantitative estimate of drug-likeness (QED) is 0.419. The first-order valence-corrected chi connectivity index (χ1v) is 6.96. The minimum Gasteiger partial charge on any atom is -0.507 e. The topological polar surface area (TPSA) is 80.9 Å². The summed E-state index contributed by atoms with van der Waals surface area (Å²) >= 11 is 0. The summed E-state index contributed by atoms with van der Waals surface area (Å²) in [6.45, 7) is -0.314. The van der Waals surface area contributed by atoms with Gasteiger partial charge in [0.2, 0.25) is 0 Å². The molecule has 0 heterocycles. The Morgan fingerprint density at radius 2 is 1.09 bits per heavy atom. The van der Waals surface area contributed by atoms with Gasteiger partial charge in [-0.05, 0) is 10.4 Å². The lowest BCUT2D eigenvalue weighted by Gasteiger charge is -2.11. The predicted molar refractivity (Wildman–Crippen MR) is 87.1 cm³/mol. The Hall–Kier alpha value is -2.56. The van der Waals surface area contributed by atoms with Crippen molar-refractivity contribution in [2.24, 2.45) is 0 Å². The van der Waals surface area contributed by atoms with Crippen LogP contribution in [0.2, 0.25) is 0 Å². The van der Waals surface area contributed by atoms with Crippen molar-refractivity contribution in [1.29, 1.82) is 0 Å². The number of phenols is 2. The van der Waals surface area contributed by atoms with Gasteiger partial charge in [-0.1, -0.05) is 48.6 Å². The lowest BCUT2D eigenvalue weighted by atomic mass is 9.97. The van der Waals surface area contributed by atoms with E-state index in [9.17, 15) is 10.2 Å². The average Bonchev–Trinajstić information content (AvgIpc) is 2.53. The van der Waals surface area contributed by atoms with Crippen LogP contribution in [0.25, 0.3) is 33.7 Å². The molecule has 0 radical (unpaired) electrons. The summed E-state index contributed by atoms with van der Waals surface area (Å²) in [5, 5.41) is 42.9. The maximum Gasteiger partial charge on any atom is 0.132 e. The van der Waals surface area contributed by atoms with Gasteiger partial charge in [0.05, 0.1) is 13.2 Å². The molecule has 3 aromatic carbocycles. The molecule has 3 aromatic rings. The number of aliphatic hydroxyl groups is 2. The number of fused-ring (bicyclic) bond motifs is 2. The van der Waals surface area contributed by atoms with Gasteiger partial charge in [-0.2, -0.15) is 0 Å². The monoisotopic (exact) mass is 296 g/mol. The van der Waals surface area contributed by atoms with E-state index < -0.39 is 0 Å². The van der Waals surface area contributed by atoms with Crippen molar-refractivity contribution >= 4 is 33.7 Å². The molecule has 112 valence electrons. The maximum atomic E-state index is 10.6. The van der Waals surface area contributed by atoms with Gasteiger partial charge >= 0.3 is 0 Å². The second-order valence-corrected chi connectivity index (χ2v) is 5.01. The van der Waals surface area contributed by atoms with Gasteiger partial charge in [0, 0.05) is 21.5 Å². The summed E-state index contributed by atoms with van der Waals surface area (Å²) in [5.41, 5.74) is 0. The highest BCUT2D eigenvalue weighted by Crippen LogP contribution is 2.38. The number of phenolic OH excluding ortho intramolecular Hbond substituents is 2. The summed E-state index contributed by atoms with van der Waals surface area (Å²) in [6.07, 6.45) is 3.16. The molecule has 0 saturated carbocycles. The Morgan fingerprint density at radius 1 is 0.682 bits per heavy atom. The number of aromatic hydroxyl groups is 2. The molecule has 22 heavy (non-hydrogen) atoms. The van der Waals surface area contributed by atoms with Crippen molar-refractivity contribution in [2.45, 2.75) is 0 Å². The van der Waals surface area contributed by atoms with Crippen LogP contribution in [0.1, 0.15) is 0 Å². The molecule has 0 atom stereocenters. The van der Waals surface area contributed by atoms with E-state index in [1.165, 1.54) is 0 Å². The first-order valence-electron chi connectivity index (χ1n) is 6.96. The number of aliphatic hydroxyl groups excluding tert-OH is 2. The number of hydrogen-bond acceptors (Lipinski definition) is 4. The van der Waals surface area contributed by atoms with Crippen molar-refractivity contribution in [2.75, 3.05) is 13.2 Å². The Balaban J connectivity index is 2.65. The Kier molecular flexibility index (Phi) is 3.71. The predicted octanol–water partition coefficient (Wildman–Crippen LogP) is 0.950. The Bertz CT molecular complexity index is 892. The molecule has 0 aliphatic heterocycles. The van der Waals surface area contributed by atoms with Crippen molar-refractivity contribution in [1.82, 2.24) is 0 Å². The SMILES string of the molecule is OC/C=c1\cccc2c(O)c3/c(=C/CO)cccc3c(O)c12. The first-order chi connectivity index (χ1) is 10.7. The maximum absolute atomic E-state index is 10.6. The molecule has 0 saturated heterocycles. The van der Waals surface area contributed by atoms with E-state index in [0.29, 0.717) is 32.0 Å². The first kappa shape index (κ1) is 14.4. The molecule has 0 unspecified atom stereocenters. The fraction of sp³-hybridized carbons (Fsp3) is 0.111. The van der Waals surface area contributed by atoms with Crippen LogP contribution in [-0.4, -0.2) is 33.6 Å². The lowest BCUT2D eigenvalue weighted by molar-refractivity contribution is 0.354. The standard InChI is InChI=1S/C18H16O4/c19-9-7-11-3-1-5-13-15(11)18(22)14-6-2-4-12(8-10-20)16(14)17(13)21/h1-8,19-22H,9-10H2/b11-7+,12-8+. The van der Waals surface area contributed by atoms with Crippen LogP contribution in [0.3, 0.4) is 0 Å². The molecule has 0 amide bonds. The Labute approximate surface area is 126 Å². The molecule has 4 N–H and O–H groups in total. The number of rotatable bonds is 2. The van der Waals surface area contributed by atoms with Crippen LogP contribution in [0.5, 0.6) is 11.5 Å². The van der Waals surface area contributed by atoms with Gasteiger partial charge < -0.3 is 20.4 Å². The van der Waals surface area contributed by atoms with Crippen molar-refractivity contribution in [3.8, 4) is 11.5 Å². The van der Waals surface area contributed by atoms with Crippen LogP contribution >= 0.6 is 0 Å². The van der Waals surface area contributed by atoms with Crippen LogP contribution in [-0.2, 0) is 0 Å². The van der Waals surface area contributed by atoms with Crippen molar-refractivity contribution in [3.05, 3.63) is 46.8 Å². The van der Waals surface area contributed by atoms with Crippen molar-refractivity contribution in [3.63, 3.8) is 0 Å². The molecule has 0 aromatic heterocycles. The summed E-state index contributed by atoms with van der Waals surface area (Å²) in [5.74, 6) is 0.104. The number of hydrogen-bond donors (Lipinski definition) is 4. The van der Waals surface area contributed by atoms with Gasteiger partial charge in [0.1, 0.15) is 11.5 Å². The van der Waals surface area contributed by atoms with E-state index in [2.05, 4.69) is 0 Å². The fourth-order valence-corrected chi connectivity index (χ4v) is 2.87. The highest BCUT2D eigenvalue weighted by atomic mass is 16.3. The molecule has 0 fully saturated rings. The van der Waals surface area contributed by atoms with E-state index in [4.69, 9.17) is 10.2 Å². The zero-order chi connectivity index (χ0) is 15.7. The Morgan fingerprint density at radius 3 is 1.45 bits per heavy atom. The van der Waals surface area contributed by atoms with Crippen molar-refractivity contribution < 1.29 is 20.4 Å². The molecule has 3 rings (SSSR count). The zero-order valence-electron chi connectivity index (χ0n) is 11.8. The van der Waals surface area contributed by atoms with Gasteiger partial charge in [-0.25, -0.2) is 0 Å². The van der Waals surface area contributed by atoms with Gasteiger partial charge in [-0.3, -0.25) is 0 Å². The zero-order valence-corrected chi connectivity index (χ0v) is 11.8. The second-order valence-electron chi connectivity index (χ2n) is 5.01. The molecule has 4 nitrogen and oxygen atoms in total. The smallest absolute Gasteiger partial charge is 0.132 e. The third-order valence-electron chi connectivity index (χ3n) is 3.80. The molecular formula is C18H16O4. The van der Waals surface area contributed by atoms with E-state index in [0.717, 1.165) is 0 Å². The molecule has 0 aliphatic carbocycles. The van der Waals surface area contributed by atoms with Gasteiger partial charge in [0.15, 0.2) is 0 Å². The molecule has 0 spiro atoms. The summed E-state index contributed by atoms with van der Waals surface area (Å²) in [7, 11) is 0. The number of benzene rings is 3. The van der Waals surface area contributed by atoms with Gasteiger partial charge in [-0.15, -0.1) is 0 Å². The fourth-order valence-electron chi connectivity index (χ4n) is 2.87. The molecule has 0 bridgehead atoms. The van der Waals surface area contributed by atoms with Crippen LogP contribution < -0.4 is 10.4 Å². The summed E-state index contributed by atoms with van der Waals surface area (Å²) < 4.78 is 0. The molecule has 4 heteroatoms. The third kappa shape index (κ3) is 2.09. The third-order valence-corrected chi connectivity index (χ3v) is 3.80. The van der Waals surface area contributed by atoms with E-state index >= 15 is 0 Å². The largest absolute Gasteiger partial charge is 0.507 e. The normalized spacial score (nSPS) is 13.4. The lowest BCUT2D eigenvalue weighted by Crippen LogP contribution is -2.07. The summed E-state index contributed by atoms with van der Waals surface area (Å²) in [6, 6.07) is 10.5. The molecule has 0 aliphatic rings. The van der Waals surface area contributed by atoms with E-state index in [-0.39, 0.29) is 24.7 Å². The van der Waals surface area contributed by atoms with Crippen LogP contribution in [0, 0.1) is 0 Å². The average molecular weight is 296 g/mol.